The number of carbonyl (C=O) groups excluding carboxylic acids is 2. The first kappa shape index (κ1) is 20.2. The van der Waals surface area contributed by atoms with Crippen LogP contribution < -0.4 is 5.32 Å². The van der Waals surface area contributed by atoms with Crippen LogP contribution in [-0.4, -0.2) is 44.3 Å². The summed E-state index contributed by atoms with van der Waals surface area (Å²) in [6.07, 6.45) is 2.11. The number of rotatable bonds is 7. The number of imide groups is 1. The van der Waals surface area contributed by atoms with Gasteiger partial charge in [-0.2, -0.15) is 0 Å². The van der Waals surface area contributed by atoms with Crippen LogP contribution in [-0.2, 0) is 6.42 Å². The van der Waals surface area contributed by atoms with Gasteiger partial charge in [0.05, 0.1) is 11.1 Å². The molecule has 31 heavy (non-hydrogen) atoms. The summed E-state index contributed by atoms with van der Waals surface area (Å²) in [4.78, 5) is 46.2. The van der Waals surface area contributed by atoms with E-state index in [2.05, 4.69) is 15.3 Å². The number of hydrogen-bond acceptors (Lipinski definition) is 6. The Morgan fingerprint density at radius 3 is 2.42 bits per heavy atom. The molecule has 8 heteroatoms. The second kappa shape index (κ2) is 8.35. The predicted octanol–water partition coefficient (Wildman–Crippen LogP) is 3.46. The first-order valence-corrected chi connectivity index (χ1v) is 9.82. The number of carboxylic acids is 1. The highest BCUT2D eigenvalue weighted by molar-refractivity contribution is 6.21. The molecule has 4 rings (SSSR count). The Hall–Kier alpha value is -4.07. The average Bonchev–Trinajstić information content (AvgIpc) is 2.99. The van der Waals surface area contributed by atoms with Gasteiger partial charge < -0.3 is 10.4 Å². The van der Waals surface area contributed by atoms with Gasteiger partial charge in [-0.05, 0) is 43.2 Å². The van der Waals surface area contributed by atoms with Gasteiger partial charge in [-0.15, -0.1) is 0 Å². The molecule has 0 fully saturated rings. The van der Waals surface area contributed by atoms with Crippen molar-refractivity contribution in [1.82, 2.24) is 14.9 Å². The van der Waals surface area contributed by atoms with Crippen molar-refractivity contribution in [1.29, 1.82) is 0 Å². The van der Waals surface area contributed by atoms with Gasteiger partial charge in [-0.25, -0.2) is 14.8 Å². The summed E-state index contributed by atoms with van der Waals surface area (Å²) < 4.78 is 0. The molecule has 0 saturated heterocycles. The van der Waals surface area contributed by atoms with E-state index in [1.807, 2.05) is 31.2 Å². The minimum atomic E-state index is -1.13. The second-order valence-electron chi connectivity index (χ2n) is 7.26. The topological polar surface area (TPSA) is 112 Å². The maximum atomic E-state index is 12.5. The molecular weight excluding hydrogens is 396 g/mol. The summed E-state index contributed by atoms with van der Waals surface area (Å²) in [6, 6.07) is 14.3. The second-order valence-corrected chi connectivity index (χ2v) is 7.26. The van der Waals surface area contributed by atoms with Crippen LogP contribution in [0.4, 0.5) is 11.5 Å². The van der Waals surface area contributed by atoms with Crippen molar-refractivity contribution >= 4 is 29.3 Å². The Bertz CT molecular complexity index is 1160. The molecule has 156 valence electrons. The number of hydrogen-bond donors (Lipinski definition) is 2. The average molecular weight is 416 g/mol. The number of aromatic carboxylic acids is 1. The number of benzene rings is 2. The van der Waals surface area contributed by atoms with Crippen LogP contribution in [0.2, 0.25) is 0 Å². The van der Waals surface area contributed by atoms with Crippen molar-refractivity contribution in [3.63, 3.8) is 0 Å². The van der Waals surface area contributed by atoms with Crippen LogP contribution in [0.25, 0.3) is 0 Å². The molecule has 1 aliphatic heterocycles. The van der Waals surface area contributed by atoms with E-state index in [0.29, 0.717) is 29.8 Å². The number of fused-ring (bicyclic) bond motifs is 1. The van der Waals surface area contributed by atoms with Crippen LogP contribution in [0.1, 0.15) is 48.9 Å². The maximum Gasteiger partial charge on any atom is 0.341 e. The molecular formula is C23H20N4O4. The van der Waals surface area contributed by atoms with E-state index in [-0.39, 0.29) is 29.7 Å². The monoisotopic (exact) mass is 416 g/mol. The van der Waals surface area contributed by atoms with E-state index in [1.54, 1.807) is 24.3 Å². The Balaban J connectivity index is 1.46. The van der Waals surface area contributed by atoms with Crippen molar-refractivity contribution in [3.8, 4) is 0 Å². The zero-order valence-corrected chi connectivity index (χ0v) is 16.8. The number of carbonyl (C=O) groups is 3. The fourth-order valence-corrected chi connectivity index (χ4v) is 3.49. The van der Waals surface area contributed by atoms with E-state index < -0.39 is 5.97 Å². The van der Waals surface area contributed by atoms with Crippen molar-refractivity contribution in [2.24, 2.45) is 0 Å². The first-order chi connectivity index (χ1) is 14.9. The van der Waals surface area contributed by atoms with E-state index >= 15 is 0 Å². The normalized spacial score (nSPS) is 12.7. The van der Waals surface area contributed by atoms with Gasteiger partial charge in [0.1, 0.15) is 17.2 Å². The van der Waals surface area contributed by atoms with E-state index in [0.717, 1.165) is 11.3 Å². The van der Waals surface area contributed by atoms with Gasteiger partial charge in [-0.1, -0.05) is 24.3 Å². The maximum absolute atomic E-state index is 12.5. The third-order valence-corrected chi connectivity index (χ3v) is 5.01. The number of nitrogens with zero attached hydrogens (tertiary/aromatic N) is 3. The highest BCUT2D eigenvalue weighted by Crippen LogP contribution is 2.23. The zero-order valence-electron chi connectivity index (χ0n) is 16.8. The van der Waals surface area contributed by atoms with Crippen molar-refractivity contribution in [2.45, 2.75) is 19.8 Å². The van der Waals surface area contributed by atoms with E-state index in [9.17, 15) is 19.5 Å². The summed E-state index contributed by atoms with van der Waals surface area (Å²) in [6.45, 7) is 2.17. The molecule has 0 unspecified atom stereocenters. The smallest absolute Gasteiger partial charge is 0.341 e. The molecule has 1 aromatic heterocycles. The van der Waals surface area contributed by atoms with Crippen molar-refractivity contribution < 1.29 is 19.5 Å². The van der Waals surface area contributed by atoms with E-state index in [1.165, 1.54) is 11.1 Å². The van der Waals surface area contributed by atoms with Crippen molar-refractivity contribution in [3.05, 3.63) is 82.8 Å². The molecule has 1 aliphatic rings. The van der Waals surface area contributed by atoms with Crippen molar-refractivity contribution in [2.75, 3.05) is 11.9 Å². The van der Waals surface area contributed by atoms with Gasteiger partial charge >= 0.3 is 5.97 Å². The van der Waals surface area contributed by atoms with E-state index in [4.69, 9.17) is 0 Å². The summed E-state index contributed by atoms with van der Waals surface area (Å²) >= 11 is 0. The molecule has 8 nitrogen and oxygen atoms in total. The Morgan fingerprint density at radius 1 is 1.06 bits per heavy atom. The van der Waals surface area contributed by atoms with Gasteiger partial charge in [0.25, 0.3) is 11.8 Å². The Labute approximate surface area is 178 Å². The molecule has 3 aromatic rings. The number of nitrogens with one attached hydrogen (secondary N) is 1. The SMILES string of the molecule is Cc1cccc(Nc2nc(CCCN3C(=O)c4ccccc4C3=O)ncc2C(=O)O)c1. The van der Waals surface area contributed by atoms with Crippen LogP contribution >= 0.6 is 0 Å². The van der Waals surface area contributed by atoms with Gasteiger partial charge in [0, 0.05) is 24.8 Å². The molecule has 2 aromatic carbocycles. The lowest BCUT2D eigenvalue weighted by atomic mass is 10.1. The zero-order chi connectivity index (χ0) is 22.0. The Morgan fingerprint density at radius 2 is 1.77 bits per heavy atom. The Kier molecular flexibility index (Phi) is 5.44. The molecule has 0 aliphatic carbocycles. The molecule has 0 atom stereocenters. The minimum absolute atomic E-state index is 0.0365. The molecule has 2 N–H and O–H groups in total. The number of amides is 2. The molecule has 0 spiro atoms. The number of anilines is 2. The lowest BCUT2D eigenvalue weighted by molar-refractivity contribution is 0.0648. The lowest BCUT2D eigenvalue weighted by Gasteiger charge is -2.14. The summed E-state index contributed by atoms with van der Waals surface area (Å²) in [5.74, 6) is -1.11. The molecule has 0 saturated carbocycles. The van der Waals surface area contributed by atoms with Gasteiger partial charge in [-0.3, -0.25) is 14.5 Å². The predicted molar refractivity (Wildman–Crippen MR) is 114 cm³/mol. The minimum Gasteiger partial charge on any atom is -0.477 e. The fraction of sp³-hybridized carbons (Fsp3) is 0.174. The highest BCUT2D eigenvalue weighted by Gasteiger charge is 2.34. The quantitative estimate of drug-likeness (QED) is 0.567. The highest BCUT2D eigenvalue weighted by atomic mass is 16.4. The molecule has 0 bridgehead atoms. The summed E-state index contributed by atoms with van der Waals surface area (Å²) in [5, 5.41) is 12.5. The molecule has 0 radical (unpaired) electrons. The first-order valence-electron chi connectivity index (χ1n) is 9.82. The standard InChI is InChI=1S/C23H20N4O4/c1-14-6-4-7-15(12-14)25-20-18(23(30)31)13-24-19(26-20)10-5-11-27-21(28)16-8-2-3-9-17(16)22(27)29/h2-4,6-9,12-13H,5,10-11H2,1H3,(H,30,31)(H,24,25,26). The number of aryl methyl sites for hydroxylation is 2. The molecule has 2 amide bonds. The summed E-state index contributed by atoms with van der Waals surface area (Å²) in [5.41, 5.74) is 2.54. The third kappa shape index (κ3) is 4.13. The molecule has 2 heterocycles. The van der Waals surface area contributed by atoms with Gasteiger partial charge in [0.2, 0.25) is 0 Å². The number of carboxylic acid groups (broad SMARTS) is 1. The third-order valence-electron chi connectivity index (χ3n) is 5.01. The van der Waals surface area contributed by atoms with Crippen LogP contribution in [0.5, 0.6) is 0 Å². The lowest BCUT2D eigenvalue weighted by Crippen LogP contribution is -2.31. The van der Waals surface area contributed by atoms with Gasteiger partial charge in [0.15, 0.2) is 0 Å². The van der Waals surface area contributed by atoms with Crippen LogP contribution in [0.15, 0.2) is 54.7 Å². The summed E-state index contributed by atoms with van der Waals surface area (Å²) in [7, 11) is 0. The number of aromatic nitrogens is 2. The fourth-order valence-electron chi connectivity index (χ4n) is 3.49. The largest absolute Gasteiger partial charge is 0.477 e. The van der Waals surface area contributed by atoms with Crippen LogP contribution in [0, 0.1) is 6.92 Å². The van der Waals surface area contributed by atoms with Crippen LogP contribution in [0.3, 0.4) is 0 Å².